The van der Waals surface area contributed by atoms with Gasteiger partial charge >= 0.3 is 0 Å². The molecule has 0 unspecified atom stereocenters. The van der Waals surface area contributed by atoms with Crippen LogP contribution in [0.3, 0.4) is 0 Å². The van der Waals surface area contributed by atoms with E-state index < -0.39 is 0 Å². The molecular weight excluding hydrogens is 280 g/mol. The molecule has 0 bridgehead atoms. The summed E-state index contributed by atoms with van der Waals surface area (Å²) in [6, 6.07) is 13.1. The van der Waals surface area contributed by atoms with Gasteiger partial charge in [0.1, 0.15) is 11.5 Å². The van der Waals surface area contributed by atoms with E-state index in [9.17, 15) is 15.0 Å². The number of aromatic hydroxyl groups is 2. The Morgan fingerprint density at radius 3 is 2.45 bits per heavy atom. The Hall–Kier alpha value is -2.82. The number of rotatable bonds is 5. The van der Waals surface area contributed by atoms with E-state index in [0.29, 0.717) is 12.1 Å². The normalized spacial score (nSPS) is 12.2. The highest BCUT2D eigenvalue weighted by molar-refractivity contribution is 5.96. The van der Waals surface area contributed by atoms with E-state index in [-0.39, 0.29) is 29.0 Å². The second-order valence-corrected chi connectivity index (χ2v) is 4.91. The molecule has 1 atom stereocenters. The van der Waals surface area contributed by atoms with Gasteiger partial charge in [-0.15, -0.1) is 0 Å². The molecule has 5 heteroatoms. The number of carbonyl (C=O) groups is 1. The first-order valence-corrected chi connectivity index (χ1v) is 6.95. The zero-order chi connectivity index (χ0) is 15.9. The summed E-state index contributed by atoms with van der Waals surface area (Å²) in [6.45, 7) is 2.18. The molecule has 22 heavy (non-hydrogen) atoms. The summed E-state index contributed by atoms with van der Waals surface area (Å²) in [6.07, 6.45) is 1.58. The van der Waals surface area contributed by atoms with Crippen molar-refractivity contribution in [1.82, 2.24) is 5.32 Å². The van der Waals surface area contributed by atoms with Gasteiger partial charge in [-0.05, 0) is 31.2 Å². The number of amides is 1. The minimum absolute atomic E-state index is 0.0506. The number of nitrogens with one attached hydrogen (secondary N) is 1. The van der Waals surface area contributed by atoms with Crippen molar-refractivity contribution in [3.05, 3.63) is 59.7 Å². The first-order valence-electron chi connectivity index (χ1n) is 6.95. The third-order valence-electron chi connectivity index (χ3n) is 3.11. The zero-order valence-electron chi connectivity index (χ0n) is 12.2. The third-order valence-corrected chi connectivity index (χ3v) is 3.11. The van der Waals surface area contributed by atoms with Gasteiger partial charge in [-0.25, -0.2) is 0 Å². The molecule has 1 amide bonds. The lowest BCUT2D eigenvalue weighted by atomic mass is 10.2. The second-order valence-electron chi connectivity index (χ2n) is 4.91. The van der Waals surface area contributed by atoms with Gasteiger partial charge in [-0.2, -0.15) is 0 Å². The van der Waals surface area contributed by atoms with Crippen molar-refractivity contribution in [2.45, 2.75) is 13.0 Å². The molecule has 0 aliphatic rings. The van der Waals surface area contributed by atoms with Crippen LogP contribution >= 0.6 is 0 Å². The minimum Gasteiger partial charge on any atom is -0.507 e. The highest BCUT2D eigenvalue weighted by atomic mass is 16.3. The Balaban J connectivity index is 1.90. The Labute approximate surface area is 129 Å². The molecule has 2 aromatic rings. The van der Waals surface area contributed by atoms with Crippen LogP contribution < -0.4 is 5.32 Å². The first-order chi connectivity index (χ1) is 10.6. The molecule has 0 spiro atoms. The van der Waals surface area contributed by atoms with Crippen molar-refractivity contribution >= 4 is 12.1 Å². The Bertz CT molecular complexity index is 683. The molecule has 0 saturated carbocycles. The van der Waals surface area contributed by atoms with Crippen LogP contribution in [0.25, 0.3) is 0 Å². The number of para-hydroxylation sites is 2. The third kappa shape index (κ3) is 4.09. The van der Waals surface area contributed by atoms with Crippen molar-refractivity contribution in [2.75, 3.05) is 6.54 Å². The average Bonchev–Trinajstić information content (AvgIpc) is 2.52. The molecule has 0 radical (unpaired) electrons. The summed E-state index contributed by atoms with van der Waals surface area (Å²) in [7, 11) is 0. The van der Waals surface area contributed by atoms with Gasteiger partial charge in [0, 0.05) is 18.3 Å². The van der Waals surface area contributed by atoms with Crippen LogP contribution in [0.4, 0.5) is 0 Å². The predicted octanol–water partition coefficient (Wildman–Crippen LogP) is 2.34. The lowest BCUT2D eigenvalue weighted by molar-refractivity contribution is 0.0949. The predicted molar refractivity (Wildman–Crippen MR) is 85.6 cm³/mol. The first kappa shape index (κ1) is 15.6. The fourth-order valence-electron chi connectivity index (χ4n) is 1.86. The zero-order valence-corrected chi connectivity index (χ0v) is 12.2. The maximum absolute atomic E-state index is 11.9. The van der Waals surface area contributed by atoms with Crippen molar-refractivity contribution in [1.29, 1.82) is 0 Å². The molecule has 2 rings (SSSR count). The van der Waals surface area contributed by atoms with Gasteiger partial charge in [-0.3, -0.25) is 9.79 Å². The Morgan fingerprint density at radius 1 is 1.14 bits per heavy atom. The van der Waals surface area contributed by atoms with E-state index in [1.165, 1.54) is 6.07 Å². The SMILES string of the molecule is C[C@@H](CNC(=O)c1ccccc1O)N=Cc1ccccc1O. The summed E-state index contributed by atoms with van der Waals surface area (Å²) in [5.74, 6) is -0.232. The number of phenolic OH excluding ortho intramolecular Hbond substituents is 2. The van der Waals surface area contributed by atoms with E-state index in [4.69, 9.17) is 0 Å². The highest BCUT2D eigenvalue weighted by Crippen LogP contribution is 2.15. The number of aliphatic imine (C=N–C) groups is 1. The standard InChI is InChI=1S/C17H18N2O3/c1-12(18-11-13-6-2-4-8-15(13)20)10-19-17(22)14-7-3-5-9-16(14)21/h2-9,11-12,20-21H,10H2,1H3,(H,19,22)/t12-/m0/s1. The molecule has 0 heterocycles. The molecule has 0 saturated heterocycles. The second kappa shape index (κ2) is 7.26. The van der Waals surface area contributed by atoms with Crippen LogP contribution in [0, 0.1) is 0 Å². The lowest BCUT2D eigenvalue weighted by Crippen LogP contribution is -2.30. The Morgan fingerprint density at radius 2 is 1.77 bits per heavy atom. The largest absolute Gasteiger partial charge is 0.507 e. The lowest BCUT2D eigenvalue weighted by Gasteiger charge is -2.09. The number of hydrogen-bond donors (Lipinski definition) is 3. The molecular formula is C17H18N2O3. The molecule has 0 aromatic heterocycles. The van der Waals surface area contributed by atoms with Crippen molar-refractivity contribution in [3.63, 3.8) is 0 Å². The van der Waals surface area contributed by atoms with E-state index >= 15 is 0 Å². The van der Waals surface area contributed by atoms with Gasteiger partial charge in [0.25, 0.3) is 5.91 Å². The maximum Gasteiger partial charge on any atom is 0.255 e. The number of carbonyl (C=O) groups excluding carboxylic acids is 1. The molecule has 3 N–H and O–H groups in total. The fraction of sp³-hybridized carbons (Fsp3) is 0.176. The molecule has 5 nitrogen and oxygen atoms in total. The van der Waals surface area contributed by atoms with Crippen LogP contribution in [0.2, 0.25) is 0 Å². The van der Waals surface area contributed by atoms with Gasteiger partial charge in [-0.1, -0.05) is 24.3 Å². The van der Waals surface area contributed by atoms with E-state index in [0.717, 1.165) is 0 Å². The van der Waals surface area contributed by atoms with Gasteiger partial charge < -0.3 is 15.5 Å². The number of hydrogen-bond acceptors (Lipinski definition) is 4. The van der Waals surface area contributed by atoms with Crippen LogP contribution in [-0.4, -0.2) is 34.9 Å². The Kier molecular flexibility index (Phi) is 5.14. The summed E-state index contributed by atoms with van der Waals surface area (Å²) < 4.78 is 0. The van der Waals surface area contributed by atoms with Crippen molar-refractivity contribution in [2.24, 2.45) is 4.99 Å². The maximum atomic E-state index is 11.9. The molecule has 114 valence electrons. The van der Waals surface area contributed by atoms with E-state index in [2.05, 4.69) is 10.3 Å². The van der Waals surface area contributed by atoms with Gasteiger partial charge in [0.05, 0.1) is 11.6 Å². The van der Waals surface area contributed by atoms with E-state index in [1.807, 2.05) is 13.0 Å². The fourth-order valence-corrected chi connectivity index (χ4v) is 1.86. The smallest absolute Gasteiger partial charge is 0.255 e. The van der Waals surface area contributed by atoms with Crippen LogP contribution in [0.1, 0.15) is 22.8 Å². The topological polar surface area (TPSA) is 81.9 Å². The average molecular weight is 298 g/mol. The highest BCUT2D eigenvalue weighted by Gasteiger charge is 2.10. The summed E-state index contributed by atoms with van der Waals surface area (Å²) >= 11 is 0. The van der Waals surface area contributed by atoms with Crippen LogP contribution in [0.15, 0.2) is 53.5 Å². The minimum atomic E-state index is -0.345. The molecule has 0 fully saturated rings. The number of benzene rings is 2. The van der Waals surface area contributed by atoms with Crippen LogP contribution in [0.5, 0.6) is 11.5 Å². The number of nitrogens with zero attached hydrogens (tertiary/aromatic N) is 1. The van der Waals surface area contributed by atoms with Gasteiger partial charge in [0.15, 0.2) is 0 Å². The van der Waals surface area contributed by atoms with Crippen LogP contribution in [-0.2, 0) is 0 Å². The summed E-state index contributed by atoms with van der Waals surface area (Å²) in [5, 5.41) is 22.0. The summed E-state index contributed by atoms with van der Waals surface area (Å²) in [5.41, 5.74) is 0.862. The summed E-state index contributed by atoms with van der Waals surface area (Å²) in [4.78, 5) is 16.2. The van der Waals surface area contributed by atoms with Crippen molar-refractivity contribution < 1.29 is 15.0 Å². The molecule has 2 aromatic carbocycles. The molecule has 0 aliphatic carbocycles. The van der Waals surface area contributed by atoms with Gasteiger partial charge in [0.2, 0.25) is 0 Å². The van der Waals surface area contributed by atoms with E-state index in [1.54, 1.807) is 42.6 Å². The monoisotopic (exact) mass is 298 g/mol. The van der Waals surface area contributed by atoms with Crippen molar-refractivity contribution in [3.8, 4) is 11.5 Å². The number of phenols is 2. The quantitative estimate of drug-likeness (QED) is 0.741. The molecule has 0 aliphatic heterocycles.